The molecule has 0 saturated carbocycles. The summed E-state index contributed by atoms with van der Waals surface area (Å²) in [5, 5.41) is 49.8. The van der Waals surface area contributed by atoms with Crippen molar-refractivity contribution in [3.05, 3.63) is 0 Å². The van der Waals surface area contributed by atoms with E-state index in [1.54, 1.807) is 0 Å². The lowest BCUT2D eigenvalue weighted by molar-refractivity contribution is -0.245. The van der Waals surface area contributed by atoms with Gasteiger partial charge in [-0.2, -0.15) is 0 Å². The lowest BCUT2D eigenvalue weighted by Gasteiger charge is -2.22. The van der Waals surface area contributed by atoms with Crippen molar-refractivity contribution in [1.29, 1.82) is 0 Å². The summed E-state index contributed by atoms with van der Waals surface area (Å²) in [6.45, 7) is 0.582. The quantitative estimate of drug-likeness (QED) is 0.263. The van der Waals surface area contributed by atoms with Crippen molar-refractivity contribution in [2.45, 2.75) is 62.6 Å². The van der Waals surface area contributed by atoms with Crippen molar-refractivity contribution in [1.82, 2.24) is 5.32 Å². The van der Waals surface area contributed by atoms with E-state index >= 15 is 0 Å². The lowest BCUT2D eigenvalue weighted by Crippen LogP contribution is -2.46. The third kappa shape index (κ3) is 5.78. The Morgan fingerprint density at radius 3 is 2.14 bits per heavy atom. The van der Waals surface area contributed by atoms with Crippen LogP contribution in [0, 0.1) is 0 Å². The highest BCUT2D eigenvalue weighted by molar-refractivity contribution is 4.95. The van der Waals surface area contributed by atoms with Crippen molar-refractivity contribution in [2.24, 2.45) is 0 Å². The predicted molar refractivity (Wildman–Crippen MR) is 76.6 cm³/mol. The van der Waals surface area contributed by atoms with E-state index in [9.17, 15) is 15.3 Å². The topological polar surface area (TPSA) is 122 Å². The molecule has 1 aliphatic rings. The Morgan fingerprint density at radius 2 is 1.57 bits per heavy atom. The van der Waals surface area contributed by atoms with Crippen molar-refractivity contribution in [3.63, 3.8) is 0 Å². The molecular weight excluding hydrogens is 278 g/mol. The summed E-state index contributed by atoms with van der Waals surface area (Å²) in [5.74, 6) is -2.07. The fourth-order valence-corrected chi connectivity index (χ4v) is 2.48. The zero-order chi connectivity index (χ0) is 15.7. The molecule has 6 N–H and O–H groups in total. The second-order valence-corrected chi connectivity index (χ2v) is 5.64. The number of hydrogen-bond acceptors (Lipinski definition) is 7. The van der Waals surface area contributed by atoms with Crippen molar-refractivity contribution < 1.29 is 30.3 Å². The van der Waals surface area contributed by atoms with Gasteiger partial charge in [-0.1, -0.05) is 25.7 Å². The van der Waals surface area contributed by atoms with Gasteiger partial charge in [0.15, 0.2) is 0 Å². The van der Waals surface area contributed by atoms with E-state index in [1.165, 1.54) is 0 Å². The molecule has 1 rings (SSSR count). The van der Waals surface area contributed by atoms with E-state index in [4.69, 9.17) is 14.9 Å². The molecule has 4 atom stereocenters. The van der Waals surface area contributed by atoms with Crippen molar-refractivity contribution in [2.75, 3.05) is 26.3 Å². The van der Waals surface area contributed by atoms with Crippen LogP contribution in [0.25, 0.3) is 0 Å². The van der Waals surface area contributed by atoms with Crippen LogP contribution in [0.1, 0.15) is 38.5 Å². The lowest BCUT2D eigenvalue weighted by atomic mass is 10.1. The maximum Gasteiger partial charge on any atom is 0.219 e. The van der Waals surface area contributed by atoms with Gasteiger partial charge in [-0.3, -0.25) is 0 Å². The normalized spacial score (nSPS) is 32.7. The van der Waals surface area contributed by atoms with Crippen LogP contribution in [0.2, 0.25) is 0 Å². The Bertz CT molecular complexity index is 280. The van der Waals surface area contributed by atoms with E-state index in [0.29, 0.717) is 6.54 Å². The molecule has 0 aromatic heterocycles. The minimum atomic E-state index is -2.07. The molecule has 0 bridgehead atoms. The number of aliphatic hydroxyl groups excluding tert-OH is 4. The molecule has 0 aromatic rings. The third-order valence-electron chi connectivity index (χ3n) is 3.86. The molecule has 0 radical (unpaired) electrons. The molecule has 0 amide bonds. The van der Waals surface area contributed by atoms with Gasteiger partial charge in [0.1, 0.15) is 18.3 Å². The first-order valence-corrected chi connectivity index (χ1v) is 7.74. The molecule has 0 unspecified atom stereocenters. The summed E-state index contributed by atoms with van der Waals surface area (Å²) >= 11 is 0. The number of nitrogens with one attached hydrogen (secondary N) is 1. The average molecular weight is 307 g/mol. The van der Waals surface area contributed by atoms with Crippen LogP contribution in [0.5, 0.6) is 0 Å². The summed E-state index contributed by atoms with van der Waals surface area (Å²) in [7, 11) is 0. The van der Waals surface area contributed by atoms with Crippen LogP contribution in [0.4, 0.5) is 0 Å². The van der Waals surface area contributed by atoms with Gasteiger partial charge < -0.3 is 35.6 Å². The van der Waals surface area contributed by atoms with E-state index in [2.05, 4.69) is 5.32 Å². The molecule has 1 saturated heterocycles. The molecule has 7 heteroatoms. The molecular formula is C14H29NO6. The Hall–Kier alpha value is -0.280. The van der Waals surface area contributed by atoms with E-state index < -0.39 is 30.7 Å². The van der Waals surface area contributed by atoms with Crippen LogP contribution in [-0.4, -0.2) is 75.9 Å². The minimum Gasteiger partial charge on any atom is -0.396 e. The highest BCUT2D eigenvalue weighted by Crippen LogP contribution is 2.28. The van der Waals surface area contributed by atoms with Crippen molar-refractivity contribution in [3.8, 4) is 0 Å². The Labute approximate surface area is 125 Å². The summed E-state index contributed by atoms with van der Waals surface area (Å²) < 4.78 is 5.11. The zero-order valence-electron chi connectivity index (χ0n) is 12.4. The Kier molecular flexibility index (Phi) is 8.65. The van der Waals surface area contributed by atoms with Gasteiger partial charge in [0.25, 0.3) is 0 Å². The van der Waals surface area contributed by atoms with E-state index in [0.717, 1.165) is 45.1 Å². The maximum absolute atomic E-state index is 9.74. The van der Waals surface area contributed by atoms with Gasteiger partial charge in [-0.15, -0.1) is 0 Å². The maximum atomic E-state index is 9.74. The van der Waals surface area contributed by atoms with Gasteiger partial charge in [-0.05, 0) is 19.4 Å². The largest absolute Gasteiger partial charge is 0.396 e. The molecule has 0 spiro atoms. The minimum absolute atomic E-state index is 0.261. The highest BCUT2D eigenvalue weighted by Gasteiger charge is 2.52. The van der Waals surface area contributed by atoms with Gasteiger partial charge >= 0.3 is 0 Å². The predicted octanol–water partition coefficient (Wildman–Crippen LogP) is -1.29. The molecule has 7 nitrogen and oxygen atoms in total. The first-order chi connectivity index (χ1) is 10.0. The smallest absolute Gasteiger partial charge is 0.219 e. The number of aliphatic hydroxyl groups is 5. The van der Waals surface area contributed by atoms with Crippen LogP contribution in [0.15, 0.2) is 0 Å². The van der Waals surface area contributed by atoms with Gasteiger partial charge in [0.05, 0.1) is 6.61 Å². The van der Waals surface area contributed by atoms with Gasteiger partial charge in [0.2, 0.25) is 5.79 Å². The monoisotopic (exact) mass is 307 g/mol. The van der Waals surface area contributed by atoms with Gasteiger partial charge in [0, 0.05) is 13.2 Å². The Morgan fingerprint density at radius 1 is 0.952 bits per heavy atom. The molecule has 1 aliphatic heterocycles. The second kappa shape index (κ2) is 9.68. The summed E-state index contributed by atoms with van der Waals surface area (Å²) in [4.78, 5) is 0. The number of unbranched alkanes of at least 4 members (excludes halogenated alkanes) is 5. The number of hydrogen-bond donors (Lipinski definition) is 6. The van der Waals surface area contributed by atoms with Crippen LogP contribution in [-0.2, 0) is 4.74 Å². The fourth-order valence-electron chi connectivity index (χ4n) is 2.48. The fraction of sp³-hybridized carbons (Fsp3) is 1.00. The standard InChI is InChI=1S/C14H29NO6/c16-8-6-4-2-1-3-5-7-15-9-11-12(18)13(19)14(20,10-17)21-11/h11-13,15-20H,1-10H2/t11-,12+,13-,14+/m1/s1. The van der Waals surface area contributed by atoms with Crippen molar-refractivity contribution >= 4 is 0 Å². The van der Waals surface area contributed by atoms with Gasteiger partial charge in [-0.25, -0.2) is 0 Å². The molecule has 21 heavy (non-hydrogen) atoms. The Balaban J connectivity index is 2.06. The molecule has 0 aliphatic carbocycles. The van der Waals surface area contributed by atoms with Crippen LogP contribution in [0.3, 0.4) is 0 Å². The van der Waals surface area contributed by atoms with E-state index in [1.807, 2.05) is 0 Å². The number of ether oxygens (including phenoxy) is 1. The highest BCUT2D eigenvalue weighted by atomic mass is 16.7. The SMILES string of the molecule is OCCCCCCCCNC[C@H]1O[C@@](O)(CO)[C@H](O)[C@H]1O. The van der Waals surface area contributed by atoms with E-state index in [-0.39, 0.29) is 6.61 Å². The number of rotatable bonds is 11. The first-order valence-electron chi connectivity index (χ1n) is 7.74. The van der Waals surface area contributed by atoms with Crippen LogP contribution >= 0.6 is 0 Å². The summed E-state index contributed by atoms with van der Waals surface area (Å²) in [6, 6.07) is 0. The summed E-state index contributed by atoms with van der Waals surface area (Å²) in [5.41, 5.74) is 0. The third-order valence-corrected chi connectivity index (χ3v) is 3.86. The average Bonchev–Trinajstić information content (AvgIpc) is 2.70. The first kappa shape index (κ1) is 18.8. The molecule has 126 valence electrons. The summed E-state index contributed by atoms with van der Waals surface area (Å²) in [6.07, 6.45) is 2.82. The van der Waals surface area contributed by atoms with Crippen LogP contribution < -0.4 is 5.32 Å². The molecule has 0 aromatic carbocycles. The molecule has 1 fully saturated rings. The second-order valence-electron chi connectivity index (χ2n) is 5.64. The zero-order valence-corrected chi connectivity index (χ0v) is 12.4. The molecule has 1 heterocycles.